The maximum absolute atomic E-state index is 6.20. The number of benzene rings is 1. The molecule has 3 rings (SSSR count). The molecule has 0 N–H and O–H groups in total. The molecule has 0 aliphatic heterocycles. The van der Waals surface area contributed by atoms with Crippen molar-refractivity contribution in [2.45, 2.75) is 30.6 Å². The van der Waals surface area contributed by atoms with Crippen molar-refractivity contribution in [1.82, 2.24) is 14.8 Å². The van der Waals surface area contributed by atoms with Crippen LogP contribution in [0.4, 0.5) is 0 Å². The molecule has 0 unspecified atom stereocenters. The minimum absolute atomic E-state index is 0.588. The van der Waals surface area contributed by atoms with Crippen LogP contribution in [0.3, 0.4) is 0 Å². The minimum atomic E-state index is 0.588. The lowest BCUT2D eigenvalue weighted by Gasteiger charge is -2.08. The van der Waals surface area contributed by atoms with E-state index in [9.17, 15) is 0 Å². The van der Waals surface area contributed by atoms with E-state index < -0.39 is 0 Å². The molecule has 5 heteroatoms. The van der Waals surface area contributed by atoms with E-state index in [0.29, 0.717) is 6.04 Å². The fourth-order valence-corrected chi connectivity index (χ4v) is 2.72. The van der Waals surface area contributed by atoms with Crippen LogP contribution in [0.1, 0.15) is 36.1 Å². The van der Waals surface area contributed by atoms with Gasteiger partial charge in [0.05, 0.1) is 5.33 Å². The molecule has 0 amide bonds. The molecular weight excluding hydrogens is 314 g/mol. The van der Waals surface area contributed by atoms with Gasteiger partial charge in [0, 0.05) is 17.5 Å². The van der Waals surface area contributed by atoms with E-state index in [1.54, 1.807) is 0 Å². The van der Waals surface area contributed by atoms with Crippen LogP contribution >= 0.6 is 27.5 Å². The molecule has 18 heavy (non-hydrogen) atoms. The highest BCUT2D eigenvalue weighted by atomic mass is 79.9. The molecule has 94 valence electrons. The van der Waals surface area contributed by atoms with Gasteiger partial charge in [-0.05, 0) is 24.5 Å². The number of halogens is 2. The molecule has 3 nitrogen and oxygen atoms in total. The average molecular weight is 327 g/mol. The first kappa shape index (κ1) is 12.2. The van der Waals surface area contributed by atoms with Crippen LogP contribution in [0, 0.1) is 0 Å². The zero-order valence-electron chi connectivity index (χ0n) is 9.81. The van der Waals surface area contributed by atoms with Crippen LogP contribution in [0.15, 0.2) is 24.3 Å². The summed E-state index contributed by atoms with van der Waals surface area (Å²) < 4.78 is 2.26. The summed E-state index contributed by atoms with van der Waals surface area (Å²) in [4.78, 5) is 0. The number of nitrogens with zero attached hydrogens (tertiary/aromatic N) is 3. The molecule has 1 saturated carbocycles. The normalized spacial score (nSPS) is 15.0. The second kappa shape index (κ2) is 5.02. The lowest BCUT2D eigenvalue weighted by atomic mass is 10.1. The molecule has 0 saturated heterocycles. The van der Waals surface area contributed by atoms with Gasteiger partial charge >= 0.3 is 0 Å². The molecule has 1 fully saturated rings. The molecule has 1 aliphatic carbocycles. The van der Waals surface area contributed by atoms with Crippen molar-refractivity contribution in [3.05, 3.63) is 46.5 Å². The molecule has 0 radical (unpaired) electrons. The summed E-state index contributed by atoms with van der Waals surface area (Å²) in [6.07, 6.45) is 3.21. The summed E-state index contributed by atoms with van der Waals surface area (Å²) in [5.74, 6) is 2.03. The standard InChI is InChI=1S/C13H13BrClN3/c14-8-13-17-16-12(18(13)10-5-6-10)7-9-3-1-2-4-11(9)15/h1-4,10H,5-8H2. The Kier molecular flexibility index (Phi) is 3.39. The van der Waals surface area contributed by atoms with Crippen molar-refractivity contribution < 1.29 is 0 Å². The van der Waals surface area contributed by atoms with Crippen molar-refractivity contribution in [2.24, 2.45) is 0 Å². The lowest BCUT2D eigenvalue weighted by Crippen LogP contribution is -2.05. The maximum atomic E-state index is 6.20. The third-order valence-electron chi connectivity index (χ3n) is 3.17. The second-order valence-corrected chi connectivity index (χ2v) is 5.50. The van der Waals surface area contributed by atoms with Gasteiger partial charge < -0.3 is 4.57 Å². The first-order valence-corrected chi connectivity index (χ1v) is 7.51. The summed E-state index contributed by atoms with van der Waals surface area (Å²) >= 11 is 9.66. The predicted octanol–water partition coefficient (Wildman–Crippen LogP) is 3.75. The van der Waals surface area contributed by atoms with Crippen molar-refractivity contribution in [3.8, 4) is 0 Å². The fraction of sp³-hybridized carbons (Fsp3) is 0.385. The predicted molar refractivity (Wildman–Crippen MR) is 75.2 cm³/mol. The summed E-state index contributed by atoms with van der Waals surface area (Å²) in [6, 6.07) is 8.50. The van der Waals surface area contributed by atoms with Crippen LogP contribution < -0.4 is 0 Å². The number of aromatic nitrogens is 3. The Morgan fingerprint density at radius 3 is 2.61 bits per heavy atom. The summed E-state index contributed by atoms with van der Waals surface area (Å²) in [6.45, 7) is 0. The van der Waals surface area contributed by atoms with Gasteiger partial charge in [0.15, 0.2) is 0 Å². The third-order valence-corrected chi connectivity index (χ3v) is 4.05. The molecule has 0 bridgehead atoms. The minimum Gasteiger partial charge on any atom is -0.311 e. The van der Waals surface area contributed by atoms with E-state index in [2.05, 4.69) is 30.7 Å². The van der Waals surface area contributed by atoms with Crippen molar-refractivity contribution in [3.63, 3.8) is 0 Å². The Hall–Kier alpha value is -0.870. The van der Waals surface area contributed by atoms with Gasteiger partial charge in [-0.2, -0.15) is 0 Å². The highest BCUT2D eigenvalue weighted by Gasteiger charge is 2.29. The quantitative estimate of drug-likeness (QED) is 0.801. The van der Waals surface area contributed by atoms with E-state index in [0.717, 1.165) is 34.0 Å². The molecule has 1 aromatic carbocycles. The Balaban J connectivity index is 1.93. The van der Waals surface area contributed by atoms with Gasteiger partial charge in [0.1, 0.15) is 11.6 Å². The van der Waals surface area contributed by atoms with Gasteiger partial charge in [-0.25, -0.2) is 0 Å². The zero-order valence-corrected chi connectivity index (χ0v) is 12.2. The topological polar surface area (TPSA) is 30.7 Å². The van der Waals surface area contributed by atoms with E-state index in [1.165, 1.54) is 12.8 Å². The Bertz CT molecular complexity index is 563. The van der Waals surface area contributed by atoms with E-state index in [4.69, 9.17) is 11.6 Å². The molecular formula is C13H13BrClN3. The van der Waals surface area contributed by atoms with Crippen LogP contribution in [0.2, 0.25) is 5.02 Å². The molecule has 0 spiro atoms. The fourth-order valence-electron chi connectivity index (χ4n) is 2.14. The Labute approximate surface area is 119 Å². The Morgan fingerprint density at radius 1 is 1.22 bits per heavy atom. The van der Waals surface area contributed by atoms with Crippen molar-refractivity contribution >= 4 is 27.5 Å². The SMILES string of the molecule is Clc1ccccc1Cc1nnc(CBr)n1C1CC1. The summed E-state index contributed by atoms with van der Waals surface area (Å²) in [5.41, 5.74) is 1.11. The lowest BCUT2D eigenvalue weighted by molar-refractivity contribution is 0.671. The highest BCUT2D eigenvalue weighted by molar-refractivity contribution is 9.08. The Morgan fingerprint density at radius 2 is 1.94 bits per heavy atom. The number of alkyl halides is 1. The first-order valence-electron chi connectivity index (χ1n) is 6.01. The van der Waals surface area contributed by atoms with Crippen LogP contribution in [0.25, 0.3) is 0 Å². The van der Waals surface area contributed by atoms with Gasteiger partial charge in [-0.1, -0.05) is 45.7 Å². The number of hydrogen-bond donors (Lipinski definition) is 0. The average Bonchev–Trinajstić information content (AvgIpc) is 3.14. The number of hydrogen-bond acceptors (Lipinski definition) is 2. The van der Waals surface area contributed by atoms with Gasteiger partial charge in [-0.3, -0.25) is 0 Å². The van der Waals surface area contributed by atoms with E-state index >= 15 is 0 Å². The first-order chi connectivity index (χ1) is 8.79. The zero-order chi connectivity index (χ0) is 12.5. The molecule has 1 heterocycles. The van der Waals surface area contributed by atoms with Gasteiger partial charge in [0.25, 0.3) is 0 Å². The summed E-state index contributed by atoms with van der Waals surface area (Å²) in [7, 11) is 0. The monoisotopic (exact) mass is 325 g/mol. The molecule has 2 aromatic rings. The molecule has 0 atom stereocenters. The summed E-state index contributed by atoms with van der Waals surface area (Å²) in [5, 5.41) is 10.1. The van der Waals surface area contributed by atoms with Crippen molar-refractivity contribution in [1.29, 1.82) is 0 Å². The van der Waals surface area contributed by atoms with Crippen LogP contribution in [-0.2, 0) is 11.8 Å². The van der Waals surface area contributed by atoms with E-state index in [-0.39, 0.29) is 0 Å². The van der Waals surface area contributed by atoms with Crippen molar-refractivity contribution in [2.75, 3.05) is 0 Å². The smallest absolute Gasteiger partial charge is 0.143 e. The molecule has 1 aliphatic rings. The largest absolute Gasteiger partial charge is 0.311 e. The van der Waals surface area contributed by atoms with E-state index in [1.807, 2.05) is 24.3 Å². The van der Waals surface area contributed by atoms with Gasteiger partial charge in [0.2, 0.25) is 0 Å². The number of rotatable bonds is 4. The second-order valence-electron chi connectivity index (χ2n) is 4.54. The molecule has 1 aromatic heterocycles. The van der Waals surface area contributed by atoms with Crippen LogP contribution in [0.5, 0.6) is 0 Å². The maximum Gasteiger partial charge on any atom is 0.143 e. The highest BCUT2D eigenvalue weighted by Crippen LogP contribution is 2.37. The van der Waals surface area contributed by atoms with Crippen LogP contribution in [-0.4, -0.2) is 14.8 Å². The third kappa shape index (κ3) is 2.31. The van der Waals surface area contributed by atoms with Gasteiger partial charge in [-0.15, -0.1) is 10.2 Å².